The van der Waals surface area contributed by atoms with Crippen LogP contribution in [0.25, 0.3) is 11.3 Å². The van der Waals surface area contributed by atoms with E-state index in [-0.39, 0.29) is 37.6 Å². The first-order valence-corrected chi connectivity index (χ1v) is 12.8. The van der Waals surface area contributed by atoms with E-state index in [1.54, 1.807) is 6.92 Å². The highest BCUT2D eigenvalue weighted by Crippen LogP contribution is 2.40. The molecule has 2 aromatic carbocycles. The Labute approximate surface area is 206 Å². The van der Waals surface area contributed by atoms with Gasteiger partial charge in [0.1, 0.15) is 17.2 Å². The van der Waals surface area contributed by atoms with Gasteiger partial charge < -0.3 is 19.5 Å². The molecule has 1 spiro atoms. The van der Waals surface area contributed by atoms with Crippen LogP contribution in [-0.4, -0.2) is 66.9 Å². The monoisotopic (exact) mass is 518 g/mol. The zero-order valence-corrected chi connectivity index (χ0v) is 20.2. The van der Waals surface area contributed by atoms with E-state index in [2.05, 4.69) is 10.5 Å². The highest BCUT2D eigenvalue weighted by atomic mass is 32.2. The van der Waals surface area contributed by atoms with Crippen LogP contribution in [0.2, 0.25) is 0 Å². The van der Waals surface area contributed by atoms with E-state index in [1.165, 1.54) is 4.90 Å². The molecule has 2 saturated heterocycles. The second-order valence-corrected chi connectivity index (χ2v) is 10.5. The lowest BCUT2D eigenvalue weighted by Gasteiger charge is -2.44. The minimum atomic E-state index is -4.16. The summed E-state index contributed by atoms with van der Waals surface area (Å²) in [5, 5.41) is 6.78. The summed E-state index contributed by atoms with van der Waals surface area (Å²) in [4.78, 5) is 14.2. The predicted molar refractivity (Wildman–Crippen MR) is 126 cm³/mol. The molecule has 0 radical (unpaired) electrons. The number of nitrogens with zero attached hydrogens (tertiary/aromatic N) is 3. The van der Waals surface area contributed by atoms with Crippen molar-refractivity contribution in [3.8, 4) is 11.3 Å². The van der Waals surface area contributed by atoms with Crippen molar-refractivity contribution in [1.82, 2.24) is 14.4 Å². The number of aryl methyl sites for hydroxylation is 1. The summed E-state index contributed by atoms with van der Waals surface area (Å²) < 4.78 is 67.4. The summed E-state index contributed by atoms with van der Waals surface area (Å²) in [5.41, 5.74) is -0.180. The van der Waals surface area contributed by atoms with Gasteiger partial charge in [-0.3, -0.25) is 0 Å². The fraction of sp³-hybridized carbons (Fsp3) is 0.333. The molecule has 3 heterocycles. The van der Waals surface area contributed by atoms with Gasteiger partial charge in [0, 0.05) is 25.1 Å². The lowest BCUT2D eigenvalue weighted by molar-refractivity contribution is -0.134. The van der Waals surface area contributed by atoms with Gasteiger partial charge in [-0.15, -0.1) is 0 Å². The third kappa shape index (κ3) is 4.14. The molecule has 2 fully saturated rings. The number of rotatable bonds is 4. The van der Waals surface area contributed by atoms with Crippen LogP contribution >= 0.6 is 0 Å². The number of alkyl halides is 1. The van der Waals surface area contributed by atoms with Gasteiger partial charge in [-0.1, -0.05) is 35.5 Å². The van der Waals surface area contributed by atoms with Crippen LogP contribution in [-0.2, 0) is 14.8 Å². The number of halogens is 2. The second kappa shape index (κ2) is 9.26. The molecule has 3 aromatic rings. The van der Waals surface area contributed by atoms with Gasteiger partial charge in [-0.2, -0.15) is 4.31 Å². The molecule has 0 bridgehead atoms. The minimum absolute atomic E-state index is 0.00730. The Balaban J connectivity index is 1.33. The number of carbonyl (C=O) groups excluding carboxylic acids is 1. The van der Waals surface area contributed by atoms with Crippen LogP contribution in [0.4, 0.5) is 19.3 Å². The number of piperidine rings is 1. The Morgan fingerprint density at radius 3 is 2.56 bits per heavy atom. The van der Waals surface area contributed by atoms with Crippen molar-refractivity contribution in [3.05, 3.63) is 66.2 Å². The normalized spacial score (nSPS) is 22.8. The molecular weight excluding hydrogens is 494 g/mol. The fourth-order valence-corrected chi connectivity index (χ4v) is 6.34. The standard InChI is InChI=1S/C24H24F2N4O5S/c1-16-21(22(28-35-16)17-5-3-2-4-6-17)27-23(31)29-12-11-24(20(26)15-29)30(13-14-34-24)36(32,33)19-9-7-18(25)8-10-19/h2-10,20H,11-15H2,1H3,(H,27,31). The third-order valence-corrected chi connectivity index (χ3v) is 8.45. The number of amides is 2. The van der Waals surface area contributed by atoms with Gasteiger partial charge in [0.25, 0.3) is 0 Å². The van der Waals surface area contributed by atoms with Crippen LogP contribution < -0.4 is 5.32 Å². The van der Waals surface area contributed by atoms with Crippen LogP contribution in [0.3, 0.4) is 0 Å². The van der Waals surface area contributed by atoms with Crippen molar-refractivity contribution in [2.45, 2.75) is 30.1 Å². The summed E-state index contributed by atoms with van der Waals surface area (Å²) in [6.45, 7) is 1.28. The maximum atomic E-state index is 15.7. The van der Waals surface area contributed by atoms with Gasteiger partial charge in [0.2, 0.25) is 10.0 Å². The van der Waals surface area contributed by atoms with Gasteiger partial charge >= 0.3 is 6.03 Å². The summed E-state index contributed by atoms with van der Waals surface area (Å²) >= 11 is 0. The quantitative estimate of drug-likeness (QED) is 0.564. The van der Waals surface area contributed by atoms with Gasteiger partial charge in [-0.25, -0.2) is 22.0 Å². The van der Waals surface area contributed by atoms with Gasteiger partial charge in [-0.05, 0) is 31.2 Å². The molecule has 0 saturated carbocycles. The SMILES string of the molecule is Cc1onc(-c2ccccc2)c1NC(=O)N1CCC2(OCCN2S(=O)(=O)c2ccc(F)cc2)C(F)C1. The summed E-state index contributed by atoms with van der Waals surface area (Å²) in [6, 6.07) is 12.9. The molecule has 2 atom stereocenters. The molecule has 2 aliphatic rings. The van der Waals surface area contributed by atoms with Crippen molar-refractivity contribution < 1.29 is 31.3 Å². The molecule has 12 heteroatoms. The molecule has 36 heavy (non-hydrogen) atoms. The number of likely N-dealkylation sites (tertiary alicyclic amines) is 1. The summed E-state index contributed by atoms with van der Waals surface area (Å²) in [5.74, 6) is -0.189. The van der Waals surface area contributed by atoms with E-state index in [9.17, 15) is 17.6 Å². The van der Waals surface area contributed by atoms with E-state index in [1.807, 2.05) is 30.3 Å². The molecule has 2 aliphatic heterocycles. The van der Waals surface area contributed by atoms with Crippen molar-refractivity contribution in [3.63, 3.8) is 0 Å². The number of urea groups is 1. The van der Waals surface area contributed by atoms with Crippen LogP contribution in [0.1, 0.15) is 12.2 Å². The van der Waals surface area contributed by atoms with Gasteiger partial charge in [0.15, 0.2) is 17.7 Å². The first-order chi connectivity index (χ1) is 17.2. The van der Waals surface area contributed by atoms with E-state index < -0.39 is 33.8 Å². The highest BCUT2D eigenvalue weighted by molar-refractivity contribution is 7.89. The number of hydrogen-bond acceptors (Lipinski definition) is 6. The molecule has 190 valence electrons. The maximum absolute atomic E-state index is 15.7. The van der Waals surface area contributed by atoms with E-state index >= 15 is 4.39 Å². The molecule has 9 nitrogen and oxygen atoms in total. The predicted octanol–water partition coefficient (Wildman–Crippen LogP) is 3.78. The summed E-state index contributed by atoms with van der Waals surface area (Å²) in [7, 11) is -4.16. The van der Waals surface area contributed by atoms with Gasteiger partial charge in [0.05, 0.1) is 18.0 Å². The fourth-order valence-electron chi connectivity index (χ4n) is 4.63. The second-order valence-electron chi connectivity index (χ2n) is 8.65. The third-order valence-electron chi connectivity index (χ3n) is 6.51. The molecule has 0 aliphatic carbocycles. The smallest absolute Gasteiger partial charge is 0.322 e. The average Bonchev–Trinajstić information content (AvgIpc) is 3.46. The molecule has 1 N–H and O–H groups in total. The molecule has 1 aromatic heterocycles. The van der Waals surface area contributed by atoms with Crippen molar-refractivity contribution in [1.29, 1.82) is 0 Å². The molecule has 2 unspecified atom stereocenters. The summed E-state index contributed by atoms with van der Waals surface area (Å²) in [6.07, 6.45) is -1.89. The first kappa shape index (κ1) is 24.3. The van der Waals surface area contributed by atoms with E-state index in [4.69, 9.17) is 9.26 Å². The van der Waals surface area contributed by atoms with Crippen molar-refractivity contribution in [2.24, 2.45) is 0 Å². The number of aromatic nitrogens is 1. The van der Waals surface area contributed by atoms with E-state index in [0.717, 1.165) is 34.1 Å². The Morgan fingerprint density at radius 1 is 1.14 bits per heavy atom. The number of benzene rings is 2. The Hall–Kier alpha value is -3.35. The zero-order chi connectivity index (χ0) is 25.5. The largest absolute Gasteiger partial charge is 0.359 e. The van der Waals surface area contributed by atoms with Crippen molar-refractivity contribution in [2.75, 3.05) is 31.6 Å². The highest BCUT2D eigenvalue weighted by Gasteiger charge is 2.57. The topological polar surface area (TPSA) is 105 Å². The van der Waals surface area contributed by atoms with Crippen molar-refractivity contribution >= 4 is 21.7 Å². The Morgan fingerprint density at radius 2 is 1.86 bits per heavy atom. The first-order valence-electron chi connectivity index (χ1n) is 11.4. The Kier molecular flexibility index (Phi) is 6.27. The molecule has 2 amide bonds. The van der Waals surface area contributed by atoms with Crippen LogP contribution in [0.15, 0.2) is 64.0 Å². The molecule has 5 rings (SSSR count). The number of hydrogen-bond donors (Lipinski definition) is 1. The molecular formula is C24H24F2N4O5S. The van der Waals surface area contributed by atoms with E-state index in [0.29, 0.717) is 17.1 Å². The zero-order valence-electron chi connectivity index (χ0n) is 19.4. The maximum Gasteiger partial charge on any atom is 0.322 e. The number of anilines is 1. The number of carbonyl (C=O) groups is 1. The lowest BCUT2D eigenvalue weighted by atomic mass is 9.99. The Bertz CT molecular complexity index is 1370. The number of ether oxygens (including phenoxy) is 1. The number of sulfonamides is 1. The lowest BCUT2D eigenvalue weighted by Crippen LogP contribution is -2.63. The van der Waals surface area contributed by atoms with Crippen LogP contribution in [0.5, 0.6) is 0 Å². The number of nitrogens with one attached hydrogen (secondary N) is 1. The van der Waals surface area contributed by atoms with Crippen LogP contribution in [0, 0.1) is 12.7 Å². The minimum Gasteiger partial charge on any atom is -0.359 e. The average molecular weight is 519 g/mol.